The monoisotopic (exact) mass is 496 g/mol. The number of ether oxygens (including phenoxy) is 1. The fourth-order valence-corrected chi connectivity index (χ4v) is 4.73. The maximum absolute atomic E-state index is 12.0. The number of hydrogen-bond donors (Lipinski definition) is 2. The lowest BCUT2D eigenvalue weighted by Gasteiger charge is -2.32. The Morgan fingerprint density at radius 3 is 2.49 bits per heavy atom. The molecule has 3 aromatic rings. The fraction of sp³-hybridized carbons (Fsp3) is 0.333. The summed E-state index contributed by atoms with van der Waals surface area (Å²) in [6, 6.07) is 12.3. The molecular weight excluding hydrogens is 468 g/mol. The molecule has 10 nitrogen and oxygen atoms in total. The topological polar surface area (TPSA) is 126 Å². The molecule has 2 aromatic carbocycles. The summed E-state index contributed by atoms with van der Waals surface area (Å²) in [5.74, 6) is 1.20. The van der Waals surface area contributed by atoms with Gasteiger partial charge in [-0.05, 0) is 36.8 Å². The number of piperidine rings is 1. The second-order valence-electron chi connectivity index (χ2n) is 8.42. The summed E-state index contributed by atoms with van der Waals surface area (Å²) in [7, 11) is -3.37. The minimum absolute atomic E-state index is 0.104. The van der Waals surface area contributed by atoms with Crippen molar-refractivity contribution in [3.8, 4) is 5.75 Å². The highest BCUT2D eigenvalue weighted by atomic mass is 32.2. The van der Waals surface area contributed by atoms with Crippen molar-refractivity contribution in [1.29, 1.82) is 0 Å². The summed E-state index contributed by atoms with van der Waals surface area (Å²) in [6.07, 6.45) is 3.94. The molecule has 0 spiro atoms. The van der Waals surface area contributed by atoms with Gasteiger partial charge in [0.1, 0.15) is 23.1 Å². The summed E-state index contributed by atoms with van der Waals surface area (Å²) < 4.78 is 30.1. The minimum Gasteiger partial charge on any atom is -0.489 e. The molecule has 1 fully saturated rings. The Balaban J connectivity index is 1.41. The molecule has 4 rings (SSSR count). The average Bonchev–Trinajstić information content (AvgIpc) is 2.82. The quantitative estimate of drug-likeness (QED) is 0.506. The summed E-state index contributed by atoms with van der Waals surface area (Å²) in [4.78, 5) is 26.8. The highest BCUT2D eigenvalue weighted by molar-refractivity contribution is 7.90. The van der Waals surface area contributed by atoms with Gasteiger partial charge in [0.15, 0.2) is 9.84 Å². The zero-order valence-corrected chi connectivity index (χ0v) is 20.7. The highest BCUT2D eigenvalue weighted by Crippen LogP contribution is 2.28. The lowest BCUT2D eigenvalue weighted by Crippen LogP contribution is -2.39. The number of nitrogens with one attached hydrogen (secondary N) is 2. The third-order valence-electron chi connectivity index (χ3n) is 5.72. The third-order valence-corrected chi connectivity index (χ3v) is 6.85. The van der Waals surface area contributed by atoms with Crippen LogP contribution in [0.1, 0.15) is 25.3 Å². The van der Waals surface area contributed by atoms with E-state index < -0.39 is 9.84 Å². The molecular formula is C24H28N6O4S. The van der Waals surface area contributed by atoms with Gasteiger partial charge in [-0.3, -0.25) is 4.79 Å². The van der Waals surface area contributed by atoms with Crippen molar-refractivity contribution in [3.63, 3.8) is 0 Å². The van der Waals surface area contributed by atoms with E-state index in [0.717, 1.165) is 16.9 Å². The van der Waals surface area contributed by atoms with Gasteiger partial charge in [-0.1, -0.05) is 18.2 Å². The zero-order chi connectivity index (χ0) is 25.0. The highest BCUT2D eigenvalue weighted by Gasteiger charge is 2.24. The first-order valence-corrected chi connectivity index (χ1v) is 13.1. The molecule has 2 N–H and O–H groups in total. The van der Waals surface area contributed by atoms with E-state index in [-0.39, 0.29) is 16.9 Å². The van der Waals surface area contributed by atoms with Crippen molar-refractivity contribution < 1.29 is 17.9 Å². The number of carbonyl (C=O) groups is 1. The van der Waals surface area contributed by atoms with Gasteiger partial charge in [0.05, 0.1) is 0 Å². The molecule has 1 aliphatic rings. The SMILES string of the molecule is CC(=O)Nc1cccc(Nc2ncnc(N3CCC(Oc4ccccc4S(C)(=O)=O)CC3)n2)c1C. The Morgan fingerprint density at radius 1 is 1.06 bits per heavy atom. The fourth-order valence-electron chi connectivity index (χ4n) is 3.92. The smallest absolute Gasteiger partial charge is 0.232 e. The molecule has 0 saturated carbocycles. The number of rotatable bonds is 7. The number of hydrogen-bond acceptors (Lipinski definition) is 9. The summed E-state index contributed by atoms with van der Waals surface area (Å²) in [6.45, 7) is 4.69. The second kappa shape index (κ2) is 10.3. The maximum atomic E-state index is 12.0. The van der Waals surface area contributed by atoms with E-state index in [2.05, 4.69) is 30.5 Å². The van der Waals surface area contributed by atoms with E-state index in [1.54, 1.807) is 24.3 Å². The van der Waals surface area contributed by atoms with Gasteiger partial charge in [0, 0.05) is 50.5 Å². The normalized spacial score (nSPS) is 14.4. The van der Waals surface area contributed by atoms with Crippen LogP contribution in [0, 0.1) is 6.92 Å². The number of sulfone groups is 1. The molecule has 0 unspecified atom stereocenters. The predicted molar refractivity (Wildman–Crippen MR) is 134 cm³/mol. The maximum Gasteiger partial charge on any atom is 0.232 e. The van der Waals surface area contributed by atoms with Crippen LogP contribution >= 0.6 is 0 Å². The van der Waals surface area contributed by atoms with E-state index in [9.17, 15) is 13.2 Å². The van der Waals surface area contributed by atoms with Gasteiger partial charge in [-0.2, -0.15) is 4.98 Å². The van der Waals surface area contributed by atoms with E-state index >= 15 is 0 Å². The molecule has 1 aliphatic heterocycles. The van der Waals surface area contributed by atoms with Crippen LogP contribution in [0.5, 0.6) is 5.75 Å². The molecule has 0 bridgehead atoms. The number of aromatic nitrogens is 3. The summed E-state index contributed by atoms with van der Waals surface area (Å²) >= 11 is 0. The van der Waals surface area contributed by atoms with Gasteiger partial charge >= 0.3 is 0 Å². The van der Waals surface area contributed by atoms with Crippen LogP contribution in [0.4, 0.5) is 23.3 Å². The van der Waals surface area contributed by atoms with Crippen LogP contribution in [-0.4, -0.2) is 54.7 Å². The number of amides is 1. The predicted octanol–water partition coefficient (Wildman–Crippen LogP) is 3.33. The number of benzene rings is 2. The Labute approximate surface area is 204 Å². The van der Waals surface area contributed by atoms with Crippen LogP contribution in [0.15, 0.2) is 53.7 Å². The van der Waals surface area contributed by atoms with E-state index in [1.165, 1.54) is 19.5 Å². The van der Waals surface area contributed by atoms with Crippen molar-refractivity contribution in [2.24, 2.45) is 0 Å². The molecule has 184 valence electrons. The summed E-state index contributed by atoms with van der Waals surface area (Å²) in [5, 5.41) is 6.02. The van der Waals surface area contributed by atoms with Gasteiger partial charge < -0.3 is 20.3 Å². The standard InChI is InChI=1S/C24H28N6O4S/c1-16-19(27-17(2)31)7-6-8-20(16)28-23-25-15-26-24(29-23)30-13-11-18(12-14-30)34-21-9-4-5-10-22(21)35(3,32)33/h4-10,15,18H,11-14H2,1-3H3,(H,27,31)(H,25,26,28,29). The van der Waals surface area contributed by atoms with Gasteiger partial charge in [-0.25, -0.2) is 18.4 Å². The first kappa shape index (κ1) is 24.4. The van der Waals surface area contributed by atoms with Crippen molar-refractivity contribution in [1.82, 2.24) is 15.0 Å². The van der Waals surface area contributed by atoms with E-state index in [4.69, 9.17) is 4.74 Å². The van der Waals surface area contributed by atoms with Crippen molar-refractivity contribution in [3.05, 3.63) is 54.4 Å². The van der Waals surface area contributed by atoms with Crippen molar-refractivity contribution >= 4 is 39.0 Å². The lowest BCUT2D eigenvalue weighted by molar-refractivity contribution is -0.114. The molecule has 1 aromatic heterocycles. The first-order chi connectivity index (χ1) is 16.7. The van der Waals surface area contributed by atoms with Crippen LogP contribution in [0.2, 0.25) is 0 Å². The van der Waals surface area contributed by atoms with Crippen molar-refractivity contribution in [2.45, 2.75) is 37.7 Å². The van der Waals surface area contributed by atoms with Gasteiger partial charge in [0.2, 0.25) is 17.8 Å². The minimum atomic E-state index is -3.37. The molecule has 2 heterocycles. The molecule has 0 aliphatic carbocycles. The van der Waals surface area contributed by atoms with Crippen LogP contribution in [-0.2, 0) is 14.6 Å². The lowest BCUT2D eigenvalue weighted by atomic mass is 10.1. The van der Waals surface area contributed by atoms with Gasteiger partial charge in [0.25, 0.3) is 0 Å². The first-order valence-electron chi connectivity index (χ1n) is 11.2. The van der Waals surface area contributed by atoms with Crippen LogP contribution in [0.25, 0.3) is 0 Å². The Kier molecular flexibility index (Phi) is 7.15. The van der Waals surface area contributed by atoms with E-state index in [0.29, 0.717) is 43.6 Å². The van der Waals surface area contributed by atoms with Crippen LogP contribution < -0.4 is 20.3 Å². The molecule has 0 radical (unpaired) electrons. The Morgan fingerprint density at radius 2 is 1.77 bits per heavy atom. The Hall–Kier alpha value is -3.73. The van der Waals surface area contributed by atoms with Gasteiger partial charge in [-0.15, -0.1) is 0 Å². The molecule has 11 heteroatoms. The third kappa shape index (κ3) is 6.04. The zero-order valence-electron chi connectivity index (χ0n) is 19.9. The van der Waals surface area contributed by atoms with Crippen LogP contribution in [0.3, 0.4) is 0 Å². The number of carbonyl (C=O) groups excluding carboxylic acids is 1. The number of anilines is 4. The Bertz CT molecular complexity index is 1320. The molecule has 35 heavy (non-hydrogen) atoms. The molecule has 0 atom stereocenters. The number of para-hydroxylation sites is 1. The van der Waals surface area contributed by atoms with Crippen molar-refractivity contribution in [2.75, 3.05) is 34.9 Å². The average molecular weight is 497 g/mol. The largest absolute Gasteiger partial charge is 0.489 e. The van der Waals surface area contributed by atoms with E-state index in [1.807, 2.05) is 25.1 Å². The second-order valence-corrected chi connectivity index (χ2v) is 10.4. The summed E-state index contributed by atoms with van der Waals surface area (Å²) in [5.41, 5.74) is 2.37. The number of nitrogens with zero attached hydrogens (tertiary/aromatic N) is 4. The molecule has 1 saturated heterocycles. The molecule has 1 amide bonds.